The van der Waals surface area contributed by atoms with Crippen LogP contribution in [0.25, 0.3) is 0 Å². The molecule has 0 spiro atoms. The SMILES string of the molecule is CC(=O)Nc1ccc(C(=O)NC2CCc3nn(CCC(C)C)c(=O)n3CC2)c(Cl)c1. The number of anilines is 1. The van der Waals surface area contributed by atoms with Gasteiger partial charge in [0.2, 0.25) is 5.91 Å². The van der Waals surface area contributed by atoms with E-state index in [1.807, 2.05) is 0 Å². The molecule has 8 nitrogen and oxygen atoms in total. The second-order valence-electron chi connectivity index (χ2n) is 8.13. The fraction of sp³-hybridized carbons (Fsp3) is 0.524. The average Bonchev–Trinajstić information content (AvgIpc) is 2.82. The zero-order valence-electron chi connectivity index (χ0n) is 17.6. The molecule has 2 aromatic rings. The Morgan fingerprint density at radius 1 is 1.30 bits per heavy atom. The van der Waals surface area contributed by atoms with E-state index in [1.165, 1.54) is 6.92 Å². The number of hydrogen-bond acceptors (Lipinski definition) is 4. The Hall–Kier alpha value is -2.61. The zero-order chi connectivity index (χ0) is 21.8. The Bertz CT molecular complexity index is 995. The second kappa shape index (κ2) is 9.47. The number of halogens is 1. The molecule has 1 aromatic carbocycles. The standard InChI is InChI=1S/C21H28ClN5O3/c1-13(2)8-11-27-21(30)26-10-9-15(5-7-19(26)25-27)24-20(29)17-6-4-16(12-18(17)22)23-14(3)28/h4,6,12-13,15H,5,7-11H2,1-3H3,(H,23,28)(H,24,29). The van der Waals surface area contributed by atoms with Gasteiger partial charge in [0.25, 0.3) is 5.91 Å². The van der Waals surface area contributed by atoms with E-state index >= 15 is 0 Å². The summed E-state index contributed by atoms with van der Waals surface area (Å²) in [5, 5.41) is 10.4. The predicted octanol–water partition coefficient (Wildman–Crippen LogP) is 2.84. The van der Waals surface area contributed by atoms with Crippen LogP contribution in [0.3, 0.4) is 0 Å². The summed E-state index contributed by atoms with van der Waals surface area (Å²) < 4.78 is 3.28. The van der Waals surface area contributed by atoms with Crippen LogP contribution in [0.4, 0.5) is 5.69 Å². The molecule has 1 atom stereocenters. The lowest BCUT2D eigenvalue weighted by molar-refractivity contribution is -0.114. The Balaban J connectivity index is 1.63. The largest absolute Gasteiger partial charge is 0.349 e. The minimum absolute atomic E-state index is 0.0748. The number of fused-ring (bicyclic) bond motifs is 1. The van der Waals surface area contributed by atoms with Gasteiger partial charge >= 0.3 is 5.69 Å². The molecule has 0 aliphatic carbocycles. The van der Waals surface area contributed by atoms with Crippen molar-refractivity contribution in [3.05, 3.63) is 45.1 Å². The number of hydrogen-bond donors (Lipinski definition) is 2. The van der Waals surface area contributed by atoms with Crippen LogP contribution in [0, 0.1) is 5.92 Å². The molecule has 0 radical (unpaired) electrons. The number of benzene rings is 1. The molecular weight excluding hydrogens is 406 g/mol. The number of nitrogens with one attached hydrogen (secondary N) is 2. The van der Waals surface area contributed by atoms with Crippen molar-refractivity contribution in [2.45, 2.75) is 65.6 Å². The van der Waals surface area contributed by atoms with E-state index in [9.17, 15) is 14.4 Å². The predicted molar refractivity (Wildman–Crippen MR) is 116 cm³/mol. The summed E-state index contributed by atoms with van der Waals surface area (Å²) in [4.78, 5) is 36.5. The van der Waals surface area contributed by atoms with Gasteiger partial charge in [0, 0.05) is 38.2 Å². The quantitative estimate of drug-likeness (QED) is 0.731. The third-order valence-corrected chi connectivity index (χ3v) is 5.52. The lowest BCUT2D eigenvalue weighted by Gasteiger charge is -2.17. The van der Waals surface area contributed by atoms with Gasteiger partial charge in [-0.05, 0) is 43.4 Å². The van der Waals surface area contributed by atoms with Gasteiger partial charge in [-0.3, -0.25) is 14.2 Å². The molecule has 0 bridgehead atoms. The molecule has 2 heterocycles. The van der Waals surface area contributed by atoms with Crippen molar-refractivity contribution in [2.24, 2.45) is 5.92 Å². The molecule has 1 unspecified atom stereocenters. The fourth-order valence-electron chi connectivity index (χ4n) is 3.54. The third kappa shape index (κ3) is 5.30. The Morgan fingerprint density at radius 2 is 2.07 bits per heavy atom. The van der Waals surface area contributed by atoms with E-state index in [1.54, 1.807) is 27.4 Å². The van der Waals surface area contributed by atoms with E-state index in [-0.39, 0.29) is 28.6 Å². The van der Waals surface area contributed by atoms with E-state index in [0.717, 1.165) is 12.2 Å². The number of rotatable bonds is 6. The average molecular weight is 434 g/mol. The van der Waals surface area contributed by atoms with E-state index < -0.39 is 0 Å². The number of carbonyl (C=O) groups is 2. The number of aromatic nitrogens is 3. The fourth-order valence-corrected chi connectivity index (χ4v) is 3.81. The van der Waals surface area contributed by atoms with Crippen molar-refractivity contribution >= 4 is 29.1 Å². The van der Waals surface area contributed by atoms with E-state index in [0.29, 0.717) is 49.5 Å². The number of nitrogens with zero attached hydrogens (tertiary/aromatic N) is 3. The molecule has 2 N–H and O–H groups in total. The van der Waals surface area contributed by atoms with Gasteiger partial charge in [0.15, 0.2) is 0 Å². The summed E-state index contributed by atoms with van der Waals surface area (Å²) in [7, 11) is 0. The molecule has 1 aromatic heterocycles. The molecule has 3 rings (SSSR count). The first kappa shape index (κ1) is 22.1. The van der Waals surface area contributed by atoms with Crippen LogP contribution in [-0.4, -0.2) is 32.2 Å². The molecule has 1 aliphatic rings. The van der Waals surface area contributed by atoms with E-state index in [2.05, 4.69) is 29.6 Å². The molecule has 0 saturated heterocycles. The van der Waals surface area contributed by atoms with Gasteiger partial charge < -0.3 is 10.6 Å². The minimum atomic E-state index is -0.270. The molecule has 9 heteroatoms. The van der Waals surface area contributed by atoms with E-state index in [4.69, 9.17) is 11.6 Å². The van der Waals surface area contributed by atoms with Gasteiger partial charge in [-0.2, -0.15) is 5.10 Å². The Labute approximate surface area is 180 Å². The van der Waals surface area contributed by atoms with Crippen molar-refractivity contribution < 1.29 is 9.59 Å². The minimum Gasteiger partial charge on any atom is -0.349 e. The van der Waals surface area contributed by atoms with Gasteiger partial charge in [-0.15, -0.1) is 0 Å². The van der Waals surface area contributed by atoms with Crippen LogP contribution >= 0.6 is 11.6 Å². The van der Waals surface area contributed by atoms with Crippen LogP contribution in [0.5, 0.6) is 0 Å². The smallest absolute Gasteiger partial charge is 0.345 e. The summed E-state index contributed by atoms with van der Waals surface area (Å²) in [6, 6.07) is 4.72. The van der Waals surface area contributed by atoms with Crippen molar-refractivity contribution in [1.82, 2.24) is 19.7 Å². The number of amides is 2. The summed E-state index contributed by atoms with van der Waals surface area (Å²) >= 11 is 6.23. The van der Waals surface area contributed by atoms with Crippen molar-refractivity contribution in [3.8, 4) is 0 Å². The highest BCUT2D eigenvalue weighted by Crippen LogP contribution is 2.22. The van der Waals surface area contributed by atoms with Crippen LogP contribution in [0.1, 0.15) is 56.2 Å². The highest BCUT2D eigenvalue weighted by atomic mass is 35.5. The maximum Gasteiger partial charge on any atom is 0.345 e. The maximum absolute atomic E-state index is 12.7. The van der Waals surface area contributed by atoms with Gasteiger partial charge in [-0.1, -0.05) is 25.4 Å². The van der Waals surface area contributed by atoms with Crippen LogP contribution in [-0.2, 0) is 24.3 Å². The molecule has 0 fully saturated rings. The number of carbonyl (C=O) groups excluding carboxylic acids is 2. The van der Waals surface area contributed by atoms with Gasteiger partial charge in [-0.25, -0.2) is 9.48 Å². The zero-order valence-corrected chi connectivity index (χ0v) is 18.3. The summed E-state index contributed by atoms with van der Waals surface area (Å²) in [6.45, 7) is 6.81. The van der Waals surface area contributed by atoms with Crippen LogP contribution < -0.4 is 16.3 Å². The lowest BCUT2D eigenvalue weighted by Crippen LogP contribution is -2.36. The molecule has 30 heavy (non-hydrogen) atoms. The molecular formula is C21H28ClN5O3. The lowest BCUT2D eigenvalue weighted by atomic mass is 10.1. The first-order valence-electron chi connectivity index (χ1n) is 10.3. The topological polar surface area (TPSA) is 98.0 Å². The highest BCUT2D eigenvalue weighted by molar-refractivity contribution is 6.34. The summed E-state index contributed by atoms with van der Waals surface area (Å²) in [5.74, 6) is 0.811. The third-order valence-electron chi connectivity index (χ3n) is 5.20. The monoisotopic (exact) mass is 433 g/mol. The summed E-state index contributed by atoms with van der Waals surface area (Å²) in [6.07, 6.45) is 2.89. The maximum atomic E-state index is 12.7. The van der Waals surface area contributed by atoms with Gasteiger partial charge in [0.1, 0.15) is 5.82 Å². The van der Waals surface area contributed by atoms with Gasteiger partial charge in [0.05, 0.1) is 10.6 Å². The molecule has 0 saturated carbocycles. The first-order chi connectivity index (χ1) is 14.2. The van der Waals surface area contributed by atoms with Crippen LogP contribution in [0.2, 0.25) is 5.02 Å². The Morgan fingerprint density at radius 3 is 2.73 bits per heavy atom. The van der Waals surface area contributed by atoms with Crippen LogP contribution in [0.15, 0.2) is 23.0 Å². The first-order valence-corrected chi connectivity index (χ1v) is 10.7. The number of aryl methyl sites for hydroxylation is 2. The Kier molecular flexibility index (Phi) is 6.97. The molecule has 162 valence electrons. The second-order valence-corrected chi connectivity index (χ2v) is 8.54. The van der Waals surface area contributed by atoms with Crippen molar-refractivity contribution in [1.29, 1.82) is 0 Å². The summed E-state index contributed by atoms with van der Waals surface area (Å²) in [5.41, 5.74) is 0.815. The highest BCUT2D eigenvalue weighted by Gasteiger charge is 2.23. The molecule has 2 amide bonds. The normalized spacial score (nSPS) is 16.1. The van der Waals surface area contributed by atoms with Crippen molar-refractivity contribution in [3.63, 3.8) is 0 Å². The van der Waals surface area contributed by atoms with Crippen molar-refractivity contribution in [2.75, 3.05) is 5.32 Å². The molecule has 1 aliphatic heterocycles.